The van der Waals surface area contributed by atoms with Gasteiger partial charge >= 0.3 is 0 Å². The van der Waals surface area contributed by atoms with Crippen molar-refractivity contribution in [3.8, 4) is 5.88 Å². The minimum Gasteiger partial charge on any atom is -0.473 e. The molecule has 3 heterocycles. The summed E-state index contributed by atoms with van der Waals surface area (Å²) >= 11 is 1.48. The molecule has 6 nitrogen and oxygen atoms in total. The SMILES string of the molecule is CC(=O)Nc1ncc(CN2C[C@H](Oc3ccc(F)cn3)CC[C@@H]2C)s1. The van der Waals surface area contributed by atoms with Gasteiger partial charge in [-0.25, -0.2) is 14.4 Å². The molecule has 0 spiro atoms. The highest BCUT2D eigenvalue weighted by Crippen LogP contribution is 2.26. The van der Waals surface area contributed by atoms with Crippen molar-refractivity contribution < 1.29 is 13.9 Å². The zero-order chi connectivity index (χ0) is 17.8. The first kappa shape index (κ1) is 17.8. The van der Waals surface area contributed by atoms with Crippen molar-refractivity contribution in [1.29, 1.82) is 0 Å². The summed E-state index contributed by atoms with van der Waals surface area (Å²) in [7, 11) is 0. The summed E-state index contributed by atoms with van der Waals surface area (Å²) in [5, 5.41) is 3.33. The van der Waals surface area contributed by atoms with Gasteiger partial charge in [-0.1, -0.05) is 0 Å². The number of rotatable bonds is 5. The molecule has 2 aromatic heterocycles. The summed E-state index contributed by atoms with van der Waals surface area (Å²) in [5.41, 5.74) is 0. The number of piperidine rings is 1. The average molecular weight is 364 g/mol. The number of hydrogen-bond acceptors (Lipinski definition) is 6. The molecule has 134 valence electrons. The molecule has 2 atom stereocenters. The summed E-state index contributed by atoms with van der Waals surface area (Å²) in [6, 6.07) is 3.35. The number of pyridine rings is 1. The predicted octanol–water partition coefficient (Wildman–Crippen LogP) is 3.07. The number of nitrogens with one attached hydrogen (secondary N) is 1. The van der Waals surface area contributed by atoms with Crippen molar-refractivity contribution >= 4 is 22.4 Å². The molecule has 0 aliphatic carbocycles. The number of hydrogen-bond donors (Lipinski definition) is 1. The zero-order valence-corrected chi connectivity index (χ0v) is 15.1. The summed E-state index contributed by atoms with van der Waals surface area (Å²) < 4.78 is 18.8. The van der Waals surface area contributed by atoms with Crippen LogP contribution in [0.25, 0.3) is 0 Å². The van der Waals surface area contributed by atoms with E-state index < -0.39 is 0 Å². The summed E-state index contributed by atoms with van der Waals surface area (Å²) in [4.78, 5) is 22.7. The molecule has 1 aliphatic heterocycles. The molecule has 8 heteroatoms. The Bertz CT molecular complexity index is 722. The van der Waals surface area contributed by atoms with Crippen LogP contribution in [0.4, 0.5) is 9.52 Å². The molecule has 0 radical (unpaired) electrons. The van der Waals surface area contributed by atoms with Gasteiger partial charge in [-0.15, -0.1) is 11.3 Å². The Morgan fingerprint density at radius 2 is 2.24 bits per heavy atom. The number of carbonyl (C=O) groups excluding carboxylic acids is 1. The van der Waals surface area contributed by atoms with E-state index in [2.05, 4.69) is 27.1 Å². The number of carbonyl (C=O) groups is 1. The third-order valence-corrected chi connectivity index (χ3v) is 5.05. The normalized spacial score (nSPS) is 21.1. The molecule has 0 bridgehead atoms. The maximum absolute atomic E-state index is 12.9. The number of halogens is 1. The van der Waals surface area contributed by atoms with Crippen molar-refractivity contribution in [2.24, 2.45) is 0 Å². The number of likely N-dealkylation sites (tertiary alicyclic amines) is 1. The Labute approximate surface area is 150 Å². The Hall–Kier alpha value is -2.06. The first-order valence-electron chi connectivity index (χ1n) is 8.24. The van der Waals surface area contributed by atoms with E-state index in [4.69, 9.17) is 4.74 Å². The minimum absolute atomic E-state index is 0.0249. The lowest BCUT2D eigenvalue weighted by Crippen LogP contribution is -2.45. The minimum atomic E-state index is -0.369. The van der Waals surface area contributed by atoms with Crippen LogP contribution in [-0.2, 0) is 11.3 Å². The lowest BCUT2D eigenvalue weighted by atomic mass is 10.0. The molecule has 1 amide bonds. The van der Waals surface area contributed by atoms with Gasteiger partial charge in [0.1, 0.15) is 11.9 Å². The van der Waals surface area contributed by atoms with Crippen LogP contribution in [0.5, 0.6) is 5.88 Å². The van der Waals surface area contributed by atoms with Crippen LogP contribution in [0.1, 0.15) is 31.6 Å². The molecular formula is C17H21FN4O2S. The Kier molecular flexibility index (Phi) is 5.60. The highest BCUT2D eigenvalue weighted by Gasteiger charge is 2.27. The molecule has 0 aromatic carbocycles. The Morgan fingerprint density at radius 1 is 1.40 bits per heavy atom. The molecule has 1 aliphatic rings. The van der Waals surface area contributed by atoms with Crippen LogP contribution < -0.4 is 10.1 Å². The van der Waals surface area contributed by atoms with Crippen molar-refractivity contribution in [2.75, 3.05) is 11.9 Å². The lowest BCUT2D eigenvalue weighted by molar-refractivity contribution is -0.114. The van der Waals surface area contributed by atoms with Crippen LogP contribution in [0.15, 0.2) is 24.5 Å². The standard InChI is InChI=1S/C17H21FN4O2S/c1-11-3-5-14(24-16-6-4-13(18)7-19-16)9-22(11)10-15-8-20-17(25-15)21-12(2)23/h4,6-8,11,14H,3,5,9-10H2,1-2H3,(H,20,21,23)/t11-,14+/m0/s1. The molecule has 1 N–H and O–H groups in total. The van der Waals surface area contributed by atoms with Gasteiger partial charge in [-0.2, -0.15) is 0 Å². The maximum Gasteiger partial charge on any atom is 0.223 e. The Balaban J connectivity index is 1.59. The first-order valence-corrected chi connectivity index (χ1v) is 9.06. The van der Waals surface area contributed by atoms with E-state index in [0.29, 0.717) is 17.1 Å². The monoisotopic (exact) mass is 364 g/mol. The number of nitrogens with zero attached hydrogens (tertiary/aromatic N) is 3. The number of anilines is 1. The number of thiazole rings is 1. The van der Waals surface area contributed by atoms with Gasteiger partial charge in [0, 0.05) is 43.2 Å². The molecule has 25 heavy (non-hydrogen) atoms. The molecular weight excluding hydrogens is 343 g/mol. The van der Waals surface area contributed by atoms with Crippen molar-refractivity contribution in [3.63, 3.8) is 0 Å². The lowest BCUT2D eigenvalue weighted by Gasteiger charge is -2.37. The topological polar surface area (TPSA) is 67.4 Å². The second kappa shape index (κ2) is 7.88. The van der Waals surface area contributed by atoms with Crippen LogP contribution >= 0.6 is 11.3 Å². The zero-order valence-electron chi connectivity index (χ0n) is 14.2. The molecule has 3 rings (SSSR count). The van der Waals surface area contributed by atoms with E-state index in [9.17, 15) is 9.18 Å². The van der Waals surface area contributed by atoms with Crippen LogP contribution in [-0.4, -0.2) is 39.5 Å². The summed E-state index contributed by atoms with van der Waals surface area (Å²) in [6.45, 7) is 5.20. The maximum atomic E-state index is 12.9. The van der Waals surface area contributed by atoms with E-state index >= 15 is 0 Å². The van der Waals surface area contributed by atoms with Gasteiger partial charge in [-0.3, -0.25) is 9.69 Å². The van der Waals surface area contributed by atoms with E-state index in [1.54, 1.807) is 12.3 Å². The third kappa shape index (κ3) is 4.96. The van der Waals surface area contributed by atoms with E-state index in [0.717, 1.165) is 30.8 Å². The van der Waals surface area contributed by atoms with E-state index in [-0.39, 0.29) is 17.8 Å². The molecule has 2 aromatic rings. The highest BCUT2D eigenvalue weighted by molar-refractivity contribution is 7.15. The fourth-order valence-electron chi connectivity index (χ4n) is 2.85. The number of ether oxygens (including phenoxy) is 1. The molecule has 1 fully saturated rings. The summed E-state index contributed by atoms with van der Waals surface area (Å²) in [5.74, 6) is -0.0365. The number of aromatic nitrogens is 2. The fraction of sp³-hybridized carbons (Fsp3) is 0.471. The van der Waals surface area contributed by atoms with Crippen molar-refractivity contribution in [2.45, 2.75) is 45.4 Å². The average Bonchev–Trinajstić information content (AvgIpc) is 2.99. The summed E-state index contributed by atoms with van der Waals surface area (Å²) in [6.07, 6.45) is 4.95. The Morgan fingerprint density at radius 3 is 2.96 bits per heavy atom. The van der Waals surface area contributed by atoms with Crippen LogP contribution in [0, 0.1) is 5.82 Å². The smallest absolute Gasteiger partial charge is 0.223 e. The molecule has 0 unspecified atom stereocenters. The van der Waals surface area contributed by atoms with Crippen LogP contribution in [0.3, 0.4) is 0 Å². The quantitative estimate of drug-likeness (QED) is 0.883. The second-order valence-electron chi connectivity index (χ2n) is 6.22. The van der Waals surface area contributed by atoms with Gasteiger partial charge in [0.15, 0.2) is 5.13 Å². The molecule has 0 saturated carbocycles. The predicted molar refractivity (Wildman–Crippen MR) is 94.1 cm³/mol. The van der Waals surface area contributed by atoms with Gasteiger partial charge in [0.25, 0.3) is 0 Å². The van der Waals surface area contributed by atoms with Gasteiger partial charge in [-0.05, 0) is 25.8 Å². The fourth-order valence-corrected chi connectivity index (χ4v) is 3.74. The number of amides is 1. The highest BCUT2D eigenvalue weighted by atomic mass is 32.1. The first-order chi connectivity index (χ1) is 12.0. The van der Waals surface area contributed by atoms with Gasteiger partial charge < -0.3 is 10.1 Å². The van der Waals surface area contributed by atoms with Gasteiger partial charge in [0.2, 0.25) is 11.8 Å². The van der Waals surface area contributed by atoms with Crippen LogP contribution in [0.2, 0.25) is 0 Å². The third-order valence-electron chi connectivity index (χ3n) is 4.15. The van der Waals surface area contributed by atoms with E-state index in [1.807, 2.05) is 0 Å². The second-order valence-corrected chi connectivity index (χ2v) is 7.34. The molecule has 1 saturated heterocycles. The van der Waals surface area contributed by atoms with Crippen molar-refractivity contribution in [1.82, 2.24) is 14.9 Å². The van der Waals surface area contributed by atoms with E-state index in [1.165, 1.54) is 30.5 Å². The largest absolute Gasteiger partial charge is 0.473 e. The van der Waals surface area contributed by atoms with Gasteiger partial charge in [0.05, 0.1) is 6.20 Å². The van der Waals surface area contributed by atoms with Crippen molar-refractivity contribution in [3.05, 3.63) is 35.2 Å².